The van der Waals surface area contributed by atoms with Crippen molar-refractivity contribution in [3.63, 3.8) is 0 Å². The lowest BCUT2D eigenvalue weighted by molar-refractivity contribution is -0.118. The lowest BCUT2D eigenvalue weighted by Gasteiger charge is -2.23. The third-order valence-corrected chi connectivity index (χ3v) is 4.57. The fourth-order valence-electron chi connectivity index (χ4n) is 2.69. The number of hydrogen-bond donors (Lipinski definition) is 1. The first-order valence-corrected chi connectivity index (χ1v) is 9.87. The van der Waals surface area contributed by atoms with Crippen molar-refractivity contribution in [3.8, 4) is 0 Å². The molecule has 0 heterocycles. The molecule has 6 nitrogen and oxygen atoms in total. The van der Waals surface area contributed by atoms with Crippen LogP contribution in [-0.2, 0) is 9.53 Å². The summed E-state index contributed by atoms with van der Waals surface area (Å²) in [5.74, 6) is -0.890. The molecule has 0 unspecified atom stereocenters. The van der Waals surface area contributed by atoms with E-state index in [4.69, 9.17) is 4.74 Å². The number of halogens is 1. The Morgan fingerprint density at radius 1 is 1.04 bits per heavy atom. The van der Waals surface area contributed by atoms with Crippen molar-refractivity contribution in [2.45, 2.75) is 20.3 Å². The van der Waals surface area contributed by atoms with Gasteiger partial charge in [0.05, 0.1) is 17.9 Å². The molecule has 2 rings (SSSR count). The lowest BCUT2D eigenvalue weighted by Crippen LogP contribution is -2.35. The number of carbonyl (C=O) groups is 3. The number of para-hydroxylation sites is 1. The molecule has 0 spiro atoms. The molecule has 0 saturated carbocycles. The van der Waals surface area contributed by atoms with Crippen LogP contribution in [0.4, 0.5) is 5.69 Å². The highest BCUT2D eigenvalue weighted by Gasteiger charge is 2.21. The number of hydrogen-bond acceptors (Lipinski definition) is 4. The summed E-state index contributed by atoms with van der Waals surface area (Å²) < 4.78 is 5.96. The number of anilines is 1. The van der Waals surface area contributed by atoms with Crippen LogP contribution in [0.2, 0.25) is 0 Å². The zero-order chi connectivity index (χ0) is 20.5. The summed E-state index contributed by atoms with van der Waals surface area (Å²) in [7, 11) is 0. The Hall–Kier alpha value is -2.67. The highest BCUT2D eigenvalue weighted by atomic mass is 79.9. The van der Waals surface area contributed by atoms with Gasteiger partial charge in [-0.05, 0) is 50.2 Å². The first kappa shape index (κ1) is 21.6. The highest BCUT2D eigenvalue weighted by Crippen LogP contribution is 2.22. The summed E-state index contributed by atoms with van der Waals surface area (Å²) in [5, 5.41) is 2.74. The molecular formula is C21H23BrN2O4. The summed E-state index contributed by atoms with van der Waals surface area (Å²) in [6, 6.07) is 13.8. The van der Waals surface area contributed by atoms with E-state index in [1.807, 2.05) is 6.92 Å². The van der Waals surface area contributed by atoms with Crippen molar-refractivity contribution in [1.29, 1.82) is 0 Å². The number of amides is 2. The van der Waals surface area contributed by atoms with Crippen molar-refractivity contribution >= 4 is 39.4 Å². The Morgan fingerprint density at radius 2 is 1.71 bits per heavy atom. The van der Waals surface area contributed by atoms with Gasteiger partial charge in [-0.1, -0.05) is 28.1 Å². The molecule has 148 valence electrons. The van der Waals surface area contributed by atoms with E-state index < -0.39 is 5.97 Å². The minimum atomic E-state index is -0.465. The van der Waals surface area contributed by atoms with E-state index in [9.17, 15) is 14.4 Å². The SMILES string of the molecule is CCOC(=O)c1ccccc1N(CC)C(=O)CCNC(=O)c1ccc(Br)cc1. The predicted molar refractivity (Wildman–Crippen MR) is 112 cm³/mol. The zero-order valence-electron chi connectivity index (χ0n) is 15.9. The highest BCUT2D eigenvalue weighted by molar-refractivity contribution is 9.10. The maximum absolute atomic E-state index is 12.7. The van der Waals surface area contributed by atoms with Crippen molar-refractivity contribution in [3.05, 3.63) is 64.1 Å². The van der Waals surface area contributed by atoms with E-state index in [0.29, 0.717) is 23.4 Å². The summed E-state index contributed by atoms with van der Waals surface area (Å²) in [4.78, 5) is 38.5. The number of rotatable bonds is 8. The maximum atomic E-state index is 12.7. The molecule has 0 radical (unpaired) electrons. The van der Waals surface area contributed by atoms with Crippen LogP contribution in [0.15, 0.2) is 53.0 Å². The predicted octanol–water partition coefficient (Wildman–Crippen LogP) is 3.80. The van der Waals surface area contributed by atoms with Gasteiger partial charge >= 0.3 is 5.97 Å². The normalized spacial score (nSPS) is 10.2. The second kappa shape index (κ2) is 10.6. The van der Waals surface area contributed by atoms with Crippen molar-refractivity contribution < 1.29 is 19.1 Å². The summed E-state index contributed by atoms with van der Waals surface area (Å²) in [6.45, 7) is 4.43. The van der Waals surface area contributed by atoms with Crippen molar-refractivity contribution in [2.24, 2.45) is 0 Å². The topological polar surface area (TPSA) is 75.7 Å². The molecule has 0 saturated heterocycles. The Balaban J connectivity index is 2.01. The Bertz CT molecular complexity index is 837. The first-order valence-electron chi connectivity index (χ1n) is 9.08. The maximum Gasteiger partial charge on any atom is 0.340 e. The van der Waals surface area contributed by atoms with Gasteiger partial charge in [0.15, 0.2) is 0 Å². The molecule has 0 aromatic heterocycles. The van der Waals surface area contributed by atoms with Gasteiger partial charge in [-0.25, -0.2) is 4.79 Å². The van der Waals surface area contributed by atoms with Crippen molar-refractivity contribution in [1.82, 2.24) is 5.32 Å². The van der Waals surface area contributed by atoms with Crippen LogP contribution < -0.4 is 10.2 Å². The van der Waals surface area contributed by atoms with E-state index in [1.165, 1.54) is 4.90 Å². The van der Waals surface area contributed by atoms with Crippen LogP contribution in [0.5, 0.6) is 0 Å². The quantitative estimate of drug-likeness (QED) is 0.625. The van der Waals surface area contributed by atoms with Gasteiger partial charge in [-0.2, -0.15) is 0 Å². The Kier molecular flexibility index (Phi) is 8.19. The van der Waals surface area contributed by atoms with Gasteiger partial charge in [0, 0.05) is 29.5 Å². The fourth-order valence-corrected chi connectivity index (χ4v) is 2.96. The van der Waals surface area contributed by atoms with E-state index in [0.717, 1.165) is 4.47 Å². The van der Waals surface area contributed by atoms with Crippen LogP contribution in [0.25, 0.3) is 0 Å². The molecular weight excluding hydrogens is 424 g/mol. The molecule has 2 amide bonds. The van der Waals surface area contributed by atoms with Gasteiger partial charge in [-0.3, -0.25) is 9.59 Å². The van der Waals surface area contributed by atoms with Gasteiger partial charge in [0.1, 0.15) is 0 Å². The van der Waals surface area contributed by atoms with E-state index >= 15 is 0 Å². The standard InChI is InChI=1S/C21H23BrN2O4/c1-3-24(18-8-6-5-7-17(18)21(27)28-4-2)19(25)13-14-23-20(26)15-9-11-16(22)12-10-15/h5-12H,3-4,13-14H2,1-2H3,(H,23,26). The average molecular weight is 447 g/mol. The number of esters is 1. The third kappa shape index (κ3) is 5.66. The second-order valence-electron chi connectivity index (χ2n) is 5.89. The molecule has 1 N–H and O–H groups in total. The number of nitrogens with one attached hydrogen (secondary N) is 1. The number of nitrogens with zero attached hydrogens (tertiary/aromatic N) is 1. The van der Waals surface area contributed by atoms with E-state index in [-0.39, 0.29) is 31.4 Å². The molecule has 0 aliphatic heterocycles. The van der Waals surface area contributed by atoms with Crippen LogP contribution in [-0.4, -0.2) is 37.5 Å². The first-order chi connectivity index (χ1) is 13.5. The average Bonchev–Trinajstić information content (AvgIpc) is 2.69. The lowest BCUT2D eigenvalue weighted by atomic mass is 10.1. The second-order valence-corrected chi connectivity index (χ2v) is 6.80. The van der Waals surface area contributed by atoms with Gasteiger partial charge in [-0.15, -0.1) is 0 Å². The molecule has 2 aromatic rings. The fraction of sp³-hybridized carbons (Fsp3) is 0.286. The van der Waals surface area contributed by atoms with Gasteiger partial charge in [0.25, 0.3) is 5.91 Å². The zero-order valence-corrected chi connectivity index (χ0v) is 17.5. The van der Waals surface area contributed by atoms with Gasteiger partial charge in [0.2, 0.25) is 5.91 Å². The molecule has 7 heteroatoms. The number of ether oxygens (including phenoxy) is 1. The molecule has 2 aromatic carbocycles. The monoisotopic (exact) mass is 446 g/mol. The van der Waals surface area contributed by atoms with E-state index in [2.05, 4.69) is 21.2 Å². The minimum absolute atomic E-state index is 0.118. The van der Waals surface area contributed by atoms with Crippen LogP contribution in [0, 0.1) is 0 Å². The van der Waals surface area contributed by atoms with Gasteiger partial charge < -0.3 is 15.0 Å². The Labute approximate surface area is 173 Å². The summed E-state index contributed by atoms with van der Waals surface area (Å²) in [5.41, 5.74) is 1.38. The largest absolute Gasteiger partial charge is 0.462 e. The van der Waals surface area contributed by atoms with Crippen LogP contribution in [0.1, 0.15) is 41.0 Å². The van der Waals surface area contributed by atoms with Crippen molar-refractivity contribution in [2.75, 3.05) is 24.6 Å². The Morgan fingerprint density at radius 3 is 2.36 bits per heavy atom. The molecule has 0 bridgehead atoms. The number of benzene rings is 2. The molecule has 0 aliphatic carbocycles. The third-order valence-electron chi connectivity index (χ3n) is 4.04. The smallest absolute Gasteiger partial charge is 0.340 e. The molecule has 28 heavy (non-hydrogen) atoms. The summed E-state index contributed by atoms with van der Waals surface area (Å²) in [6.07, 6.45) is 0.118. The summed E-state index contributed by atoms with van der Waals surface area (Å²) >= 11 is 3.32. The molecule has 0 fully saturated rings. The minimum Gasteiger partial charge on any atom is -0.462 e. The number of carbonyl (C=O) groups excluding carboxylic acids is 3. The van der Waals surface area contributed by atoms with Crippen LogP contribution in [0.3, 0.4) is 0 Å². The molecule has 0 aliphatic rings. The van der Waals surface area contributed by atoms with E-state index in [1.54, 1.807) is 55.5 Å². The van der Waals surface area contributed by atoms with Crippen LogP contribution >= 0.6 is 15.9 Å². The molecule has 0 atom stereocenters.